The van der Waals surface area contributed by atoms with Crippen molar-refractivity contribution in [3.63, 3.8) is 0 Å². The second-order valence-electron chi connectivity index (χ2n) is 5.96. The molecule has 0 aliphatic carbocycles. The SMILES string of the molecule is Cc1nc2ccc(-c3c(F)cn4nc(N)ncc34)nc2n1C(C)C. The topological polar surface area (TPSA) is 86.9 Å². The average molecular weight is 325 g/mol. The highest BCUT2D eigenvalue weighted by atomic mass is 19.1. The van der Waals surface area contributed by atoms with E-state index < -0.39 is 5.82 Å². The highest BCUT2D eigenvalue weighted by Gasteiger charge is 2.18. The number of rotatable bonds is 2. The Morgan fingerprint density at radius 1 is 1.21 bits per heavy atom. The zero-order chi connectivity index (χ0) is 17.0. The number of anilines is 1. The van der Waals surface area contributed by atoms with Gasteiger partial charge in [0.2, 0.25) is 5.95 Å². The van der Waals surface area contributed by atoms with Gasteiger partial charge in [-0.25, -0.2) is 23.9 Å². The Labute approximate surface area is 137 Å². The van der Waals surface area contributed by atoms with Gasteiger partial charge >= 0.3 is 0 Å². The van der Waals surface area contributed by atoms with Gasteiger partial charge in [-0.05, 0) is 32.9 Å². The summed E-state index contributed by atoms with van der Waals surface area (Å²) in [7, 11) is 0. The van der Waals surface area contributed by atoms with Gasteiger partial charge in [0.15, 0.2) is 11.5 Å². The molecule has 0 fully saturated rings. The maximum Gasteiger partial charge on any atom is 0.238 e. The summed E-state index contributed by atoms with van der Waals surface area (Å²) in [5.41, 5.74) is 8.46. The Morgan fingerprint density at radius 2 is 2.00 bits per heavy atom. The Morgan fingerprint density at radius 3 is 2.75 bits per heavy atom. The standard InChI is InChI=1S/C16H16FN7/c1-8(2)24-9(3)20-12-5-4-11(21-15(12)24)14-10(17)7-23-13(14)6-19-16(18)22-23/h4-8H,1-3H3,(H2,18,22). The van der Waals surface area contributed by atoms with E-state index in [1.54, 1.807) is 6.07 Å². The number of aromatic nitrogens is 6. The predicted molar refractivity (Wildman–Crippen MR) is 89.0 cm³/mol. The van der Waals surface area contributed by atoms with Crippen molar-refractivity contribution in [3.8, 4) is 11.3 Å². The summed E-state index contributed by atoms with van der Waals surface area (Å²) in [6.45, 7) is 6.06. The van der Waals surface area contributed by atoms with Crippen LogP contribution in [0.3, 0.4) is 0 Å². The van der Waals surface area contributed by atoms with E-state index in [4.69, 9.17) is 5.73 Å². The van der Waals surface area contributed by atoms with Gasteiger partial charge in [-0.1, -0.05) is 0 Å². The van der Waals surface area contributed by atoms with E-state index in [2.05, 4.69) is 33.9 Å². The van der Waals surface area contributed by atoms with Crippen LogP contribution in [0.5, 0.6) is 0 Å². The molecule has 0 unspecified atom stereocenters. The summed E-state index contributed by atoms with van der Waals surface area (Å²) in [4.78, 5) is 13.1. The molecule has 4 heterocycles. The molecule has 0 saturated heterocycles. The molecule has 4 rings (SSSR count). The lowest BCUT2D eigenvalue weighted by molar-refractivity contribution is 0.595. The maximum atomic E-state index is 14.5. The monoisotopic (exact) mass is 325 g/mol. The molecule has 0 bridgehead atoms. The third kappa shape index (κ3) is 2.03. The zero-order valence-electron chi connectivity index (χ0n) is 13.5. The highest BCUT2D eigenvalue weighted by Crippen LogP contribution is 2.29. The van der Waals surface area contributed by atoms with Gasteiger partial charge in [0.1, 0.15) is 11.3 Å². The number of fused-ring (bicyclic) bond motifs is 2. The first kappa shape index (κ1) is 14.6. The summed E-state index contributed by atoms with van der Waals surface area (Å²) in [6.07, 6.45) is 2.77. The molecule has 0 aliphatic rings. The van der Waals surface area contributed by atoms with Crippen molar-refractivity contribution in [2.45, 2.75) is 26.8 Å². The van der Waals surface area contributed by atoms with Crippen molar-refractivity contribution < 1.29 is 4.39 Å². The van der Waals surface area contributed by atoms with E-state index in [9.17, 15) is 4.39 Å². The van der Waals surface area contributed by atoms with Crippen LogP contribution in [0.2, 0.25) is 0 Å². The molecule has 0 spiro atoms. The van der Waals surface area contributed by atoms with Crippen LogP contribution in [0.25, 0.3) is 27.9 Å². The van der Waals surface area contributed by atoms with Crippen LogP contribution in [0.1, 0.15) is 25.7 Å². The van der Waals surface area contributed by atoms with E-state index in [1.807, 2.05) is 17.6 Å². The van der Waals surface area contributed by atoms with Crippen LogP contribution in [0, 0.1) is 12.7 Å². The maximum absolute atomic E-state index is 14.5. The van der Waals surface area contributed by atoms with Gasteiger partial charge in [-0.15, -0.1) is 5.10 Å². The smallest absolute Gasteiger partial charge is 0.238 e. The first-order valence-electron chi connectivity index (χ1n) is 7.61. The summed E-state index contributed by atoms with van der Waals surface area (Å²) in [5.74, 6) is 0.540. The summed E-state index contributed by atoms with van der Waals surface area (Å²) in [6, 6.07) is 3.82. The van der Waals surface area contributed by atoms with E-state index in [0.717, 1.165) is 17.0 Å². The van der Waals surface area contributed by atoms with Crippen molar-refractivity contribution >= 4 is 22.6 Å². The number of nitrogen functional groups attached to an aromatic ring is 1. The number of hydrogen-bond donors (Lipinski definition) is 1. The van der Waals surface area contributed by atoms with Crippen molar-refractivity contribution in [1.82, 2.24) is 29.1 Å². The molecule has 0 radical (unpaired) electrons. The molecule has 8 heteroatoms. The minimum atomic E-state index is -0.422. The number of halogens is 1. The summed E-state index contributed by atoms with van der Waals surface area (Å²) in [5, 5.41) is 3.99. The number of nitrogens with two attached hydrogens (primary N) is 1. The number of aryl methyl sites for hydroxylation is 1. The van der Waals surface area contributed by atoms with E-state index in [-0.39, 0.29) is 12.0 Å². The fourth-order valence-corrected chi connectivity index (χ4v) is 3.05. The van der Waals surface area contributed by atoms with Crippen molar-refractivity contribution in [2.24, 2.45) is 0 Å². The van der Waals surface area contributed by atoms with Crippen molar-refractivity contribution in [1.29, 1.82) is 0 Å². The first-order chi connectivity index (χ1) is 11.5. The number of hydrogen-bond acceptors (Lipinski definition) is 5. The molecule has 0 aromatic carbocycles. The fraction of sp³-hybridized carbons (Fsp3) is 0.250. The normalized spacial score (nSPS) is 11.9. The molecule has 0 aliphatic heterocycles. The van der Waals surface area contributed by atoms with Crippen LogP contribution < -0.4 is 5.73 Å². The third-order valence-corrected chi connectivity index (χ3v) is 3.99. The number of imidazole rings is 1. The molecular weight excluding hydrogens is 309 g/mol. The molecule has 122 valence electrons. The molecule has 4 aromatic heterocycles. The molecular formula is C16H16FN7. The molecule has 7 nitrogen and oxygen atoms in total. The Balaban J connectivity index is 2.00. The lowest BCUT2D eigenvalue weighted by atomic mass is 10.2. The molecule has 4 aromatic rings. The van der Waals surface area contributed by atoms with Crippen LogP contribution in [-0.4, -0.2) is 29.1 Å². The second-order valence-corrected chi connectivity index (χ2v) is 5.96. The van der Waals surface area contributed by atoms with Crippen LogP contribution in [-0.2, 0) is 0 Å². The van der Waals surface area contributed by atoms with Crippen LogP contribution in [0.15, 0.2) is 24.5 Å². The lowest BCUT2D eigenvalue weighted by Crippen LogP contribution is -2.04. The lowest BCUT2D eigenvalue weighted by Gasteiger charge is -2.10. The van der Waals surface area contributed by atoms with Crippen LogP contribution >= 0.6 is 0 Å². The van der Waals surface area contributed by atoms with Gasteiger partial charge in [0, 0.05) is 6.04 Å². The zero-order valence-corrected chi connectivity index (χ0v) is 13.5. The molecule has 2 N–H and O–H groups in total. The Hall–Kier alpha value is -3.03. The molecule has 0 amide bonds. The summed E-state index contributed by atoms with van der Waals surface area (Å²) >= 11 is 0. The first-order valence-corrected chi connectivity index (χ1v) is 7.61. The highest BCUT2D eigenvalue weighted by molar-refractivity contribution is 5.83. The molecule has 0 atom stereocenters. The van der Waals surface area contributed by atoms with E-state index in [0.29, 0.717) is 16.8 Å². The summed E-state index contributed by atoms with van der Waals surface area (Å²) < 4.78 is 17.9. The molecule has 24 heavy (non-hydrogen) atoms. The van der Waals surface area contributed by atoms with Gasteiger partial charge in [0.25, 0.3) is 0 Å². The minimum absolute atomic E-state index is 0.0842. The van der Waals surface area contributed by atoms with Crippen molar-refractivity contribution in [2.75, 3.05) is 5.73 Å². The minimum Gasteiger partial charge on any atom is -0.367 e. The second kappa shape index (κ2) is 4.98. The average Bonchev–Trinajstić information content (AvgIpc) is 3.01. The van der Waals surface area contributed by atoms with Gasteiger partial charge in [-0.2, -0.15) is 0 Å². The van der Waals surface area contributed by atoms with Gasteiger partial charge in [-0.3, -0.25) is 0 Å². The Kier molecular flexibility index (Phi) is 3.02. The van der Waals surface area contributed by atoms with E-state index in [1.165, 1.54) is 16.9 Å². The van der Waals surface area contributed by atoms with Gasteiger partial charge < -0.3 is 10.3 Å². The van der Waals surface area contributed by atoms with Crippen LogP contribution in [0.4, 0.5) is 10.3 Å². The number of nitrogens with zero attached hydrogens (tertiary/aromatic N) is 6. The van der Waals surface area contributed by atoms with Crippen molar-refractivity contribution in [3.05, 3.63) is 36.2 Å². The molecule has 0 saturated carbocycles. The van der Waals surface area contributed by atoms with Gasteiger partial charge in [0.05, 0.1) is 29.2 Å². The largest absolute Gasteiger partial charge is 0.367 e. The fourth-order valence-electron chi connectivity index (χ4n) is 3.05. The third-order valence-electron chi connectivity index (χ3n) is 3.99. The quantitative estimate of drug-likeness (QED) is 0.612. The number of pyridine rings is 1. The predicted octanol–water partition coefficient (Wildman–Crippen LogP) is 2.75. The van der Waals surface area contributed by atoms with E-state index >= 15 is 0 Å². The Bertz CT molecular complexity index is 1080.